The van der Waals surface area contributed by atoms with Crippen LogP contribution >= 0.6 is 0 Å². The van der Waals surface area contributed by atoms with E-state index in [1.165, 1.54) is 37.9 Å². The van der Waals surface area contributed by atoms with Crippen molar-refractivity contribution in [1.29, 1.82) is 0 Å². The SMILES string of the molecule is CC.CC.CC.Cc1c([SiH](C)C)c2cccc3ccc4cccc1c4c32. The first-order valence-corrected chi connectivity index (χ1v) is 13.2. The van der Waals surface area contributed by atoms with Crippen molar-refractivity contribution in [3.8, 4) is 0 Å². The first-order chi connectivity index (χ1) is 12.7. The Hall–Kier alpha value is -1.86. The van der Waals surface area contributed by atoms with E-state index in [9.17, 15) is 0 Å². The van der Waals surface area contributed by atoms with Gasteiger partial charge in [-0.05, 0) is 44.8 Å². The van der Waals surface area contributed by atoms with Crippen LogP contribution in [0.2, 0.25) is 13.1 Å². The Labute approximate surface area is 162 Å². The van der Waals surface area contributed by atoms with E-state index in [-0.39, 0.29) is 0 Å². The zero-order valence-electron chi connectivity index (χ0n) is 18.2. The Bertz CT molecular complexity index is 935. The van der Waals surface area contributed by atoms with Crippen molar-refractivity contribution >= 4 is 46.3 Å². The van der Waals surface area contributed by atoms with Crippen molar-refractivity contribution in [3.63, 3.8) is 0 Å². The molecule has 0 atom stereocenters. The normalized spacial score (nSPS) is 10.1. The van der Waals surface area contributed by atoms with E-state index in [2.05, 4.69) is 68.5 Å². The number of hydrogen-bond acceptors (Lipinski definition) is 0. The van der Waals surface area contributed by atoms with Gasteiger partial charge in [0.2, 0.25) is 0 Å². The van der Waals surface area contributed by atoms with Crippen LogP contribution in [0.3, 0.4) is 0 Å². The molecule has 0 saturated carbocycles. The van der Waals surface area contributed by atoms with E-state index in [0.29, 0.717) is 0 Å². The molecule has 0 aliphatic heterocycles. The van der Waals surface area contributed by atoms with Gasteiger partial charge in [0.05, 0.1) is 8.80 Å². The third kappa shape index (κ3) is 3.78. The van der Waals surface area contributed by atoms with Crippen molar-refractivity contribution in [1.82, 2.24) is 0 Å². The highest BCUT2D eigenvalue weighted by Crippen LogP contribution is 2.35. The quantitative estimate of drug-likeness (QED) is 0.240. The molecule has 0 heterocycles. The zero-order valence-corrected chi connectivity index (χ0v) is 19.4. The van der Waals surface area contributed by atoms with Crippen LogP contribution in [0.15, 0.2) is 48.5 Å². The number of benzene rings is 4. The molecular formula is C25H36Si. The largest absolute Gasteiger partial charge is 0.0683 e. The van der Waals surface area contributed by atoms with Gasteiger partial charge in [0.25, 0.3) is 0 Å². The van der Waals surface area contributed by atoms with Crippen LogP contribution in [0.1, 0.15) is 47.1 Å². The highest BCUT2D eigenvalue weighted by Gasteiger charge is 2.16. The molecule has 4 aromatic rings. The molecule has 0 aliphatic carbocycles. The van der Waals surface area contributed by atoms with Gasteiger partial charge in [-0.1, -0.05) is 108 Å². The highest BCUT2D eigenvalue weighted by molar-refractivity contribution is 6.74. The summed E-state index contributed by atoms with van der Waals surface area (Å²) in [6.45, 7) is 19.2. The second-order valence-electron chi connectivity index (χ2n) is 6.07. The minimum Gasteiger partial charge on any atom is -0.0683 e. The van der Waals surface area contributed by atoms with Crippen LogP contribution < -0.4 is 5.19 Å². The zero-order chi connectivity index (χ0) is 19.9. The van der Waals surface area contributed by atoms with Crippen molar-refractivity contribution in [3.05, 3.63) is 54.1 Å². The molecule has 0 saturated heterocycles. The molecule has 0 fully saturated rings. The average Bonchev–Trinajstić information content (AvgIpc) is 2.71. The average molecular weight is 365 g/mol. The maximum atomic E-state index is 2.44. The summed E-state index contributed by atoms with van der Waals surface area (Å²) >= 11 is 0. The van der Waals surface area contributed by atoms with Gasteiger partial charge in [-0.2, -0.15) is 0 Å². The topological polar surface area (TPSA) is 0 Å². The van der Waals surface area contributed by atoms with Crippen molar-refractivity contribution < 1.29 is 0 Å². The smallest absolute Gasteiger partial charge is 0.0659 e. The van der Waals surface area contributed by atoms with Gasteiger partial charge in [-0.15, -0.1) is 0 Å². The predicted octanol–water partition coefficient (Wildman–Crippen LogP) is 7.66. The molecule has 0 unspecified atom stereocenters. The van der Waals surface area contributed by atoms with Crippen molar-refractivity contribution in [2.45, 2.75) is 61.6 Å². The predicted molar refractivity (Wildman–Crippen MR) is 127 cm³/mol. The van der Waals surface area contributed by atoms with E-state index >= 15 is 0 Å². The third-order valence-corrected chi connectivity index (χ3v) is 6.46. The standard InChI is InChI=1S/C19H18Si.3C2H6/c1-12-15-8-4-6-13-10-11-14-7-5-9-16(18(14)17(13)15)19(12)20(2)3;3*1-2/h4-11,20H,1-3H3;3*1-2H3. The Balaban J connectivity index is 0.000000515. The molecule has 0 bridgehead atoms. The minimum atomic E-state index is -0.862. The summed E-state index contributed by atoms with van der Waals surface area (Å²) in [5, 5.41) is 10.3. The van der Waals surface area contributed by atoms with E-state index in [4.69, 9.17) is 0 Å². The Morgan fingerprint density at radius 2 is 1.00 bits per heavy atom. The van der Waals surface area contributed by atoms with E-state index in [0.717, 1.165) is 0 Å². The molecule has 4 rings (SSSR count). The Kier molecular flexibility index (Phi) is 8.81. The van der Waals surface area contributed by atoms with Crippen molar-refractivity contribution in [2.24, 2.45) is 0 Å². The molecule has 140 valence electrons. The molecule has 0 aromatic heterocycles. The summed E-state index contributed by atoms with van der Waals surface area (Å²) in [6.07, 6.45) is 0. The lowest BCUT2D eigenvalue weighted by Gasteiger charge is -2.19. The number of rotatable bonds is 1. The van der Waals surface area contributed by atoms with Crippen LogP contribution in [-0.2, 0) is 0 Å². The lowest BCUT2D eigenvalue weighted by molar-refractivity contribution is 1.50. The Morgan fingerprint density at radius 3 is 1.46 bits per heavy atom. The van der Waals surface area contributed by atoms with Gasteiger partial charge in [-0.3, -0.25) is 0 Å². The molecule has 4 aromatic carbocycles. The van der Waals surface area contributed by atoms with Gasteiger partial charge < -0.3 is 0 Å². The summed E-state index contributed by atoms with van der Waals surface area (Å²) in [5.74, 6) is 0. The highest BCUT2D eigenvalue weighted by atomic mass is 28.3. The summed E-state index contributed by atoms with van der Waals surface area (Å²) in [5.41, 5.74) is 1.50. The summed E-state index contributed by atoms with van der Waals surface area (Å²) in [7, 11) is -0.862. The van der Waals surface area contributed by atoms with Crippen molar-refractivity contribution in [2.75, 3.05) is 0 Å². The minimum absolute atomic E-state index is 0.862. The van der Waals surface area contributed by atoms with Gasteiger partial charge in [-0.25, -0.2) is 0 Å². The fourth-order valence-corrected chi connectivity index (χ4v) is 5.67. The van der Waals surface area contributed by atoms with Crippen LogP contribution in [0.25, 0.3) is 32.3 Å². The fourth-order valence-electron chi connectivity index (χ4n) is 3.78. The summed E-state index contributed by atoms with van der Waals surface area (Å²) < 4.78 is 0. The van der Waals surface area contributed by atoms with Gasteiger partial charge in [0, 0.05) is 0 Å². The van der Waals surface area contributed by atoms with Gasteiger partial charge in [0.15, 0.2) is 0 Å². The van der Waals surface area contributed by atoms with Crippen LogP contribution in [0.5, 0.6) is 0 Å². The Morgan fingerprint density at radius 1 is 0.577 bits per heavy atom. The van der Waals surface area contributed by atoms with Crippen LogP contribution in [-0.4, -0.2) is 8.80 Å². The molecule has 0 spiro atoms. The second-order valence-corrected chi connectivity index (χ2v) is 8.95. The van der Waals surface area contributed by atoms with Gasteiger partial charge >= 0.3 is 0 Å². The lowest BCUT2D eigenvalue weighted by atomic mass is 9.92. The monoisotopic (exact) mass is 364 g/mol. The summed E-state index contributed by atoms with van der Waals surface area (Å²) in [4.78, 5) is 0. The van der Waals surface area contributed by atoms with E-state index in [1.807, 2.05) is 41.5 Å². The molecule has 0 amide bonds. The maximum Gasteiger partial charge on any atom is 0.0659 e. The third-order valence-electron chi connectivity index (χ3n) is 4.56. The maximum absolute atomic E-state index is 2.44. The molecule has 1 heteroatoms. The fraction of sp³-hybridized carbons (Fsp3) is 0.360. The number of aryl methyl sites for hydroxylation is 1. The molecule has 26 heavy (non-hydrogen) atoms. The van der Waals surface area contributed by atoms with E-state index in [1.54, 1.807) is 5.19 Å². The van der Waals surface area contributed by atoms with Gasteiger partial charge in [0.1, 0.15) is 0 Å². The first-order valence-electron chi connectivity index (χ1n) is 10.3. The van der Waals surface area contributed by atoms with E-state index < -0.39 is 8.80 Å². The second kappa shape index (κ2) is 10.3. The number of hydrogen-bond donors (Lipinski definition) is 0. The summed E-state index contributed by atoms with van der Waals surface area (Å²) in [6, 6.07) is 18.0. The molecule has 0 aliphatic rings. The molecular weight excluding hydrogens is 328 g/mol. The van der Waals surface area contributed by atoms with Crippen LogP contribution in [0.4, 0.5) is 0 Å². The lowest BCUT2D eigenvalue weighted by Crippen LogP contribution is -2.26. The van der Waals surface area contributed by atoms with Crippen LogP contribution in [0, 0.1) is 6.92 Å². The molecule has 0 nitrogen and oxygen atoms in total. The first kappa shape index (κ1) is 22.2. The molecule has 0 N–H and O–H groups in total. The molecule has 0 radical (unpaired) electrons.